The zero-order valence-electron chi connectivity index (χ0n) is 14.8. The molecule has 3 aromatic rings. The molecular formula is C22H20BrNO3. The van der Waals surface area contributed by atoms with Crippen molar-refractivity contribution in [2.24, 2.45) is 0 Å². The van der Waals surface area contributed by atoms with Gasteiger partial charge in [0.05, 0.1) is 18.8 Å². The average molecular weight is 426 g/mol. The third-order valence-electron chi connectivity index (χ3n) is 4.39. The van der Waals surface area contributed by atoms with Crippen LogP contribution in [0.15, 0.2) is 83.3 Å². The number of para-hydroxylation sites is 2. The van der Waals surface area contributed by atoms with E-state index >= 15 is 0 Å². The van der Waals surface area contributed by atoms with Crippen molar-refractivity contribution in [2.45, 2.75) is 12.0 Å². The molecule has 0 amide bonds. The Bertz CT molecular complexity index is 897. The Morgan fingerprint density at radius 3 is 2.19 bits per heavy atom. The summed E-state index contributed by atoms with van der Waals surface area (Å²) in [5.41, 5.74) is 2.29. The second-order valence-electron chi connectivity index (χ2n) is 6.10. The number of nitrogens with one attached hydrogen (secondary N) is 1. The topological polar surface area (TPSA) is 58.6 Å². The molecule has 0 fully saturated rings. The van der Waals surface area contributed by atoms with Crippen molar-refractivity contribution < 1.29 is 14.6 Å². The number of anilines is 1. The highest BCUT2D eigenvalue weighted by Crippen LogP contribution is 2.37. The molecule has 0 spiro atoms. The van der Waals surface area contributed by atoms with Gasteiger partial charge in [-0.2, -0.15) is 0 Å². The fourth-order valence-corrected chi connectivity index (χ4v) is 3.31. The van der Waals surface area contributed by atoms with Gasteiger partial charge in [0, 0.05) is 4.47 Å². The van der Waals surface area contributed by atoms with E-state index < -0.39 is 12.0 Å². The lowest BCUT2D eigenvalue weighted by Gasteiger charge is -2.28. The van der Waals surface area contributed by atoms with E-state index in [4.69, 9.17) is 4.74 Å². The van der Waals surface area contributed by atoms with Crippen LogP contribution in [-0.2, 0) is 9.53 Å². The van der Waals surface area contributed by atoms with Crippen LogP contribution < -0.4 is 5.32 Å². The number of aromatic hydroxyl groups is 1. The van der Waals surface area contributed by atoms with Crippen molar-refractivity contribution >= 4 is 27.6 Å². The molecule has 0 aliphatic rings. The number of benzene rings is 3. The summed E-state index contributed by atoms with van der Waals surface area (Å²) in [5.74, 6) is -0.815. The van der Waals surface area contributed by atoms with Crippen LogP contribution in [0.3, 0.4) is 0 Å². The van der Waals surface area contributed by atoms with Crippen molar-refractivity contribution in [2.75, 3.05) is 12.4 Å². The zero-order valence-corrected chi connectivity index (χ0v) is 16.4. The summed E-state index contributed by atoms with van der Waals surface area (Å²) in [6, 6.07) is 23.8. The van der Waals surface area contributed by atoms with E-state index in [9.17, 15) is 9.90 Å². The molecular weight excluding hydrogens is 406 g/mol. The van der Waals surface area contributed by atoms with Crippen LogP contribution in [0.25, 0.3) is 0 Å². The summed E-state index contributed by atoms with van der Waals surface area (Å²) in [4.78, 5) is 12.7. The smallest absolute Gasteiger partial charge is 0.315 e. The minimum Gasteiger partial charge on any atom is -0.506 e. The SMILES string of the molecule is COC(=O)C(c1ccccc1)C(Nc1ccccc1O)c1ccc(Br)cc1. The van der Waals surface area contributed by atoms with Gasteiger partial charge in [-0.3, -0.25) is 4.79 Å². The van der Waals surface area contributed by atoms with Crippen LogP contribution in [0, 0.1) is 0 Å². The van der Waals surface area contributed by atoms with Gasteiger partial charge in [-0.25, -0.2) is 0 Å². The first-order valence-corrected chi connectivity index (χ1v) is 9.32. The number of esters is 1. The number of ether oxygens (including phenoxy) is 1. The lowest BCUT2D eigenvalue weighted by Crippen LogP contribution is -2.27. The second kappa shape index (κ2) is 8.73. The van der Waals surface area contributed by atoms with Crippen LogP contribution in [0.2, 0.25) is 0 Å². The summed E-state index contributed by atoms with van der Waals surface area (Å²) in [7, 11) is 1.39. The number of halogens is 1. The molecule has 0 aromatic heterocycles. The number of rotatable bonds is 6. The molecule has 27 heavy (non-hydrogen) atoms. The first-order valence-electron chi connectivity index (χ1n) is 8.53. The minimum atomic E-state index is -0.586. The molecule has 2 N–H and O–H groups in total. The fraction of sp³-hybridized carbons (Fsp3) is 0.136. The number of methoxy groups -OCH3 is 1. The lowest BCUT2D eigenvalue weighted by atomic mass is 9.86. The Balaban J connectivity index is 2.09. The minimum absolute atomic E-state index is 0.122. The Hall–Kier alpha value is -2.79. The summed E-state index contributed by atoms with van der Waals surface area (Å²) >= 11 is 3.45. The van der Waals surface area contributed by atoms with Gasteiger partial charge < -0.3 is 15.2 Å². The Morgan fingerprint density at radius 1 is 0.926 bits per heavy atom. The van der Waals surface area contributed by atoms with Crippen LogP contribution in [0.1, 0.15) is 23.1 Å². The number of carbonyl (C=O) groups is 1. The summed E-state index contributed by atoms with van der Waals surface area (Å²) in [5, 5.41) is 13.5. The monoisotopic (exact) mass is 425 g/mol. The molecule has 0 radical (unpaired) electrons. The van der Waals surface area contributed by atoms with E-state index in [1.807, 2.05) is 60.7 Å². The first-order chi connectivity index (χ1) is 13.1. The molecule has 3 rings (SSSR count). The van der Waals surface area contributed by atoms with Crippen LogP contribution in [0.5, 0.6) is 5.75 Å². The maximum Gasteiger partial charge on any atom is 0.315 e. The van der Waals surface area contributed by atoms with Gasteiger partial charge in [-0.15, -0.1) is 0 Å². The van der Waals surface area contributed by atoms with Crippen molar-refractivity contribution in [1.82, 2.24) is 0 Å². The van der Waals surface area contributed by atoms with Crippen molar-refractivity contribution in [1.29, 1.82) is 0 Å². The molecule has 0 heterocycles. The Morgan fingerprint density at radius 2 is 1.56 bits per heavy atom. The standard InChI is InChI=1S/C22H20BrNO3/c1-27-22(26)20(15-7-3-2-4-8-15)21(16-11-13-17(23)14-12-16)24-18-9-5-6-10-19(18)25/h2-14,20-21,24-25H,1H3. The third kappa shape index (κ3) is 4.49. The molecule has 0 saturated heterocycles. The summed E-state index contributed by atoms with van der Waals surface area (Å²) in [6.07, 6.45) is 0. The summed E-state index contributed by atoms with van der Waals surface area (Å²) in [6.45, 7) is 0. The fourth-order valence-electron chi connectivity index (χ4n) is 3.04. The third-order valence-corrected chi connectivity index (χ3v) is 4.92. The highest BCUT2D eigenvalue weighted by Gasteiger charge is 2.32. The number of hydrogen-bond donors (Lipinski definition) is 2. The molecule has 0 bridgehead atoms. The molecule has 4 nitrogen and oxygen atoms in total. The van der Waals surface area contributed by atoms with Gasteiger partial charge >= 0.3 is 5.97 Å². The molecule has 3 aromatic carbocycles. The summed E-state index contributed by atoms with van der Waals surface area (Å²) < 4.78 is 6.06. The van der Waals surface area contributed by atoms with Gasteiger partial charge in [-0.1, -0.05) is 70.5 Å². The Kier molecular flexibility index (Phi) is 6.14. The predicted molar refractivity (Wildman–Crippen MR) is 110 cm³/mol. The van der Waals surface area contributed by atoms with E-state index in [0.717, 1.165) is 15.6 Å². The van der Waals surface area contributed by atoms with E-state index in [-0.39, 0.29) is 11.7 Å². The van der Waals surface area contributed by atoms with Crippen molar-refractivity contribution in [3.8, 4) is 5.75 Å². The van der Waals surface area contributed by atoms with Gasteiger partial charge in [0.25, 0.3) is 0 Å². The van der Waals surface area contributed by atoms with Crippen LogP contribution in [-0.4, -0.2) is 18.2 Å². The van der Waals surface area contributed by atoms with Crippen LogP contribution in [0.4, 0.5) is 5.69 Å². The number of carbonyl (C=O) groups excluding carboxylic acids is 1. The molecule has 0 aliphatic carbocycles. The molecule has 138 valence electrons. The molecule has 0 aliphatic heterocycles. The number of phenols is 1. The van der Waals surface area contributed by atoms with E-state index in [0.29, 0.717) is 5.69 Å². The second-order valence-corrected chi connectivity index (χ2v) is 7.02. The normalized spacial score (nSPS) is 12.8. The van der Waals surface area contributed by atoms with Gasteiger partial charge in [0.1, 0.15) is 11.7 Å². The first kappa shape index (κ1) is 19.0. The van der Waals surface area contributed by atoms with E-state index in [1.165, 1.54) is 7.11 Å². The molecule has 2 atom stereocenters. The maximum atomic E-state index is 12.7. The van der Waals surface area contributed by atoms with Crippen molar-refractivity contribution in [3.63, 3.8) is 0 Å². The van der Waals surface area contributed by atoms with Crippen molar-refractivity contribution in [3.05, 3.63) is 94.5 Å². The number of hydrogen-bond acceptors (Lipinski definition) is 4. The molecule has 5 heteroatoms. The van der Waals surface area contributed by atoms with E-state index in [2.05, 4.69) is 21.2 Å². The zero-order chi connectivity index (χ0) is 19.2. The highest BCUT2D eigenvalue weighted by atomic mass is 79.9. The van der Waals surface area contributed by atoms with E-state index in [1.54, 1.807) is 18.2 Å². The maximum absolute atomic E-state index is 12.7. The number of phenolic OH excluding ortho intramolecular Hbond substituents is 1. The predicted octanol–water partition coefficient (Wildman–Crippen LogP) is 5.26. The van der Waals surface area contributed by atoms with Gasteiger partial charge in [0.2, 0.25) is 0 Å². The quantitative estimate of drug-likeness (QED) is 0.417. The lowest BCUT2D eigenvalue weighted by molar-refractivity contribution is -0.142. The van der Waals surface area contributed by atoms with Gasteiger partial charge in [0.15, 0.2) is 0 Å². The van der Waals surface area contributed by atoms with Crippen LogP contribution >= 0.6 is 15.9 Å². The molecule has 2 unspecified atom stereocenters. The molecule has 0 saturated carbocycles. The highest BCUT2D eigenvalue weighted by molar-refractivity contribution is 9.10. The average Bonchev–Trinajstić information content (AvgIpc) is 2.70. The van der Waals surface area contributed by atoms with Gasteiger partial charge in [-0.05, 0) is 35.4 Å². The largest absolute Gasteiger partial charge is 0.506 e. The Labute approximate surface area is 166 Å².